The van der Waals surface area contributed by atoms with Gasteiger partial charge >= 0.3 is 18.1 Å². The summed E-state index contributed by atoms with van der Waals surface area (Å²) < 4.78 is 42.4. The van der Waals surface area contributed by atoms with Gasteiger partial charge in [-0.1, -0.05) is 0 Å². The van der Waals surface area contributed by atoms with Crippen LogP contribution in [0.3, 0.4) is 0 Å². The van der Waals surface area contributed by atoms with Gasteiger partial charge in [0.1, 0.15) is 6.04 Å². The third-order valence-electron chi connectivity index (χ3n) is 3.87. The van der Waals surface area contributed by atoms with Gasteiger partial charge in [0, 0.05) is 13.1 Å². The Bertz CT molecular complexity index is 400. The van der Waals surface area contributed by atoms with Crippen molar-refractivity contribution in [3.8, 4) is 0 Å². The molecule has 1 amide bonds. The average Bonchev–Trinajstić information content (AvgIpc) is 3.03. The van der Waals surface area contributed by atoms with E-state index in [9.17, 15) is 22.8 Å². The SMILES string of the molecule is COC(=O)[C@@H]1CCCN1[C@@H]1CCCN1C(=O)C(F)(F)F. The molecule has 0 aromatic carbocycles. The van der Waals surface area contributed by atoms with Crippen LogP contribution in [0.15, 0.2) is 0 Å². The average molecular weight is 294 g/mol. The Balaban J connectivity index is 2.14. The summed E-state index contributed by atoms with van der Waals surface area (Å²) in [6, 6.07) is -0.549. The quantitative estimate of drug-likeness (QED) is 0.717. The number of rotatable bonds is 2. The molecule has 0 aromatic heterocycles. The number of hydrogen-bond donors (Lipinski definition) is 0. The van der Waals surface area contributed by atoms with Crippen molar-refractivity contribution < 1.29 is 27.5 Å². The molecule has 2 aliphatic heterocycles. The Morgan fingerprint density at radius 1 is 1.15 bits per heavy atom. The Morgan fingerprint density at radius 2 is 1.80 bits per heavy atom. The van der Waals surface area contributed by atoms with Crippen LogP contribution < -0.4 is 0 Å². The third-order valence-corrected chi connectivity index (χ3v) is 3.87. The normalized spacial score (nSPS) is 27.9. The van der Waals surface area contributed by atoms with E-state index in [2.05, 4.69) is 4.74 Å². The maximum atomic E-state index is 12.6. The molecule has 2 heterocycles. The molecule has 114 valence electrons. The number of esters is 1. The minimum absolute atomic E-state index is 0.0768. The van der Waals surface area contributed by atoms with E-state index in [0.717, 1.165) is 4.90 Å². The van der Waals surface area contributed by atoms with Crippen LogP contribution in [0.2, 0.25) is 0 Å². The molecule has 2 saturated heterocycles. The van der Waals surface area contributed by atoms with Gasteiger partial charge in [0.05, 0.1) is 13.3 Å². The van der Waals surface area contributed by atoms with E-state index in [1.807, 2.05) is 0 Å². The van der Waals surface area contributed by atoms with Crippen LogP contribution >= 0.6 is 0 Å². The third kappa shape index (κ3) is 2.74. The second-order valence-electron chi connectivity index (χ2n) is 5.04. The standard InChI is InChI=1S/C12H17F3N2O3/c1-20-10(18)8-4-2-6-16(8)9-5-3-7-17(9)11(19)12(13,14)15/h8-9H,2-7H2,1H3/t8-,9-/m0/s1. The van der Waals surface area contributed by atoms with Gasteiger partial charge < -0.3 is 9.64 Å². The Kier molecular flexibility index (Phi) is 4.22. The summed E-state index contributed by atoms with van der Waals surface area (Å²) in [7, 11) is 1.26. The summed E-state index contributed by atoms with van der Waals surface area (Å²) >= 11 is 0. The van der Waals surface area contributed by atoms with Crippen molar-refractivity contribution in [2.24, 2.45) is 0 Å². The molecular weight excluding hydrogens is 277 g/mol. The van der Waals surface area contributed by atoms with Crippen molar-refractivity contribution in [3.63, 3.8) is 0 Å². The molecule has 0 radical (unpaired) electrons. The van der Waals surface area contributed by atoms with Gasteiger partial charge in [-0.05, 0) is 25.7 Å². The molecule has 0 aliphatic carbocycles. The molecule has 2 fully saturated rings. The number of carbonyl (C=O) groups excluding carboxylic acids is 2. The van der Waals surface area contributed by atoms with Crippen molar-refractivity contribution in [1.82, 2.24) is 9.80 Å². The van der Waals surface area contributed by atoms with Gasteiger partial charge in [-0.2, -0.15) is 13.2 Å². The Labute approximate surface area is 114 Å². The van der Waals surface area contributed by atoms with Crippen molar-refractivity contribution in [3.05, 3.63) is 0 Å². The van der Waals surface area contributed by atoms with Gasteiger partial charge in [0.15, 0.2) is 0 Å². The predicted octanol–water partition coefficient (Wildman–Crippen LogP) is 1.13. The predicted molar refractivity (Wildman–Crippen MR) is 62.5 cm³/mol. The lowest BCUT2D eigenvalue weighted by Gasteiger charge is -2.35. The van der Waals surface area contributed by atoms with E-state index >= 15 is 0 Å². The number of methoxy groups -OCH3 is 1. The summed E-state index contributed by atoms with van der Waals surface area (Å²) in [6.07, 6.45) is -3.30. The fourth-order valence-electron chi connectivity index (χ4n) is 3.03. The van der Waals surface area contributed by atoms with Crippen LogP contribution in [0, 0.1) is 0 Å². The first-order chi connectivity index (χ1) is 9.36. The fraction of sp³-hybridized carbons (Fsp3) is 0.833. The van der Waals surface area contributed by atoms with E-state index in [1.165, 1.54) is 7.11 Å². The van der Waals surface area contributed by atoms with E-state index in [4.69, 9.17) is 0 Å². The van der Waals surface area contributed by atoms with Crippen LogP contribution in [0.4, 0.5) is 13.2 Å². The van der Waals surface area contributed by atoms with Crippen LogP contribution in [0.1, 0.15) is 25.7 Å². The summed E-state index contributed by atoms with van der Waals surface area (Å²) in [5, 5.41) is 0. The highest BCUT2D eigenvalue weighted by atomic mass is 19.4. The summed E-state index contributed by atoms with van der Waals surface area (Å²) in [5.41, 5.74) is 0. The first-order valence-corrected chi connectivity index (χ1v) is 6.57. The molecule has 20 heavy (non-hydrogen) atoms. The van der Waals surface area contributed by atoms with E-state index < -0.39 is 30.3 Å². The minimum Gasteiger partial charge on any atom is -0.468 e. The molecule has 0 spiro atoms. The maximum Gasteiger partial charge on any atom is 0.471 e. The zero-order chi connectivity index (χ0) is 14.9. The summed E-state index contributed by atoms with van der Waals surface area (Å²) in [5.74, 6) is -2.27. The Hall–Kier alpha value is -1.31. The molecule has 2 atom stereocenters. The fourth-order valence-corrected chi connectivity index (χ4v) is 3.03. The molecular formula is C12H17F3N2O3. The monoisotopic (exact) mass is 294 g/mol. The zero-order valence-corrected chi connectivity index (χ0v) is 11.2. The minimum atomic E-state index is -4.87. The molecule has 8 heteroatoms. The van der Waals surface area contributed by atoms with Crippen molar-refractivity contribution in [1.29, 1.82) is 0 Å². The smallest absolute Gasteiger partial charge is 0.468 e. The van der Waals surface area contributed by atoms with E-state index in [0.29, 0.717) is 32.2 Å². The number of alkyl halides is 3. The number of carbonyl (C=O) groups is 2. The molecule has 2 aliphatic rings. The molecule has 2 rings (SSSR count). The second-order valence-corrected chi connectivity index (χ2v) is 5.04. The topological polar surface area (TPSA) is 49.9 Å². The van der Waals surface area contributed by atoms with Crippen LogP contribution in [0.25, 0.3) is 0 Å². The lowest BCUT2D eigenvalue weighted by molar-refractivity contribution is -0.190. The first kappa shape index (κ1) is 15.1. The van der Waals surface area contributed by atoms with Gasteiger partial charge in [-0.25, -0.2) is 0 Å². The number of amides is 1. The highest BCUT2D eigenvalue weighted by Gasteiger charge is 2.49. The van der Waals surface area contributed by atoms with Crippen molar-refractivity contribution in [2.45, 2.75) is 44.1 Å². The van der Waals surface area contributed by atoms with Gasteiger partial charge in [0.25, 0.3) is 0 Å². The van der Waals surface area contributed by atoms with Gasteiger partial charge in [0.2, 0.25) is 0 Å². The highest BCUT2D eigenvalue weighted by molar-refractivity contribution is 5.82. The molecule has 0 aromatic rings. The largest absolute Gasteiger partial charge is 0.471 e. The number of likely N-dealkylation sites (tertiary alicyclic amines) is 2. The molecule has 0 saturated carbocycles. The van der Waals surface area contributed by atoms with Crippen LogP contribution in [-0.4, -0.2) is 60.3 Å². The number of nitrogens with zero attached hydrogens (tertiary/aromatic N) is 2. The van der Waals surface area contributed by atoms with Crippen molar-refractivity contribution >= 4 is 11.9 Å². The first-order valence-electron chi connectivity index (χ1n) is 6.57. The van der Waals surface area contributed by atoms with Gasteiger partial charge in [-0.3, -0.25) is 14.5 Å². The number of hydrogen-bond acceptors (Lipinski definition) is 4. The molecule has 0 N–H and O–H groups in total. The lowest BCUT2D eigenvalue weighted by Crippen LogP contribution is -2.54. The number of ether oxygens (including phenoxy) is 1. The molecule has 0 bridgehead atoms. The lowest BCUT2D eigenvalue weighted by atomic mass is 10.2. The summed E-state index contributed by atoms with van der Waals surface area (Å²) in [6.45, 7) is 0.583. The Morgan fingerprint density at radius 3 is 2.40 bits per heavy atom. The summed E-state index contributed by atoms with van der Waals surface area (Å²) in [4.78, 5) is 25.6. The van der Waals surface area contributed by atoms with Crippen molar-refractivity contribution in [2.75, 3.05) is 20.2 Å². The highest BCUT2D eigenvalue weighted by Crippen LogP contribution is 2.32. The van der Waals surface area contributed by atoms with Crippen LogP contribution in [-0.2, 0) is 14.3 Å². The molecule has 0 unspecified atom stereocenters. The zero-order valence-electron chi connectivity index (χ0n) is 11.2. The van der Waals surface area contributed by atoms with E-state index in [1.54, 1.807) is 4.90 Å². The second kappa shape index (κ2) is 5.59. The van der Waals surface area contributed by atoms with Crippen LogP contribution in [0.5, 0.6) is 0 Å². The van der Waals surface area contributed by atoms with Gasteiger partial charge in [-0.15, -0.1) is 0 Å². The molecule has 5 nitrogen and oxygen atoms in total. The van der Waals surface area contributed by atoms with E-state index in [-0.39, 0.29) is 6.54 Å². The maximum absolute atomic E-state index is 12.6. The number of halogens is 3.